The van der Waals surface area contributed by atoms with Crippen LogP contribution in [0.4, 0.5) is 11.4 Å². The highest BCUT2D eigenvalue weighted by Gasteiger charge is 2.22. The van der Waals surface area contributed by atoms with Gasteiger partial charge in [0.05, 0.1) is 27.9 Å². The van der Waals surface area contributed by atoms with Gasteiger partial charge in [0.15, 0.2) is 5.11 Å². The highest BCUT2D eigenvalue weighted by atomic mass is 79.9. The van der Waals surface area contributed by atoms with Gasteiger partial charge in [-0.05, 0) is 58.5 Å². The third kappa shape index (κ3) is 6.38. The van der Waals surface area contributed by atoms with Crippen LogP contribution in [0.1, 0.15) is 23.7 Å². The summed E-state index contributed by atoms with van der Waals surface area (Å²) in [7, 11) is 1.49. The van der Waals surface area contributed by atoms with Gasteiger partial charge in [0.2, 0.25) is 5.91 Å². The maximum absolute atomic E-state index is 12.7. The Morgan fingerprint density at radius 3 is 2.45 bits per heavy atom. The molecule has 0 unspecified atom stereocenters. The second kappa shape index (κ2) is 11.5. The van der Waals surface area contributed by atoms with E-state index in [1.54, 1.807) is 18.2 Å². The highest BCUT2D eigenvalue weighted by Crippen LogP contribution is 2.33. The zero-order valence-electron chi connectivity index (χ0n) is 18.1. The number of rotatable bonds is 5. The van der Waals surface area contributed by atoms with Gasteiger partial charge >= 0.3 is 0 Å². The van der Waals surface area contributed by atoms with E-state index in [2.05, 4.69) is 47.4 Å². The number of hydrogen-bond donors (Lipinski definition) is 2. The summed E-state index contributed by atoms with van der Waals surface area (Å²) in [6, 6.07) is 8.95. The Hall–Kier alpha value is -1.88. The van der Waals surface area contributed by atoms with Gasteiger partial charge in [0.1, 0.15) is 5.75 Å². The number of nitrogens with one attached hydrogen (secondary N) is 2. The molecule has 1 saturated heterocycles. The van der Waals surface area contributed by atoms with Gasteiger partial charge in [-0.1, -0.05) is 34.5 Å². The highest BCUT2D eigenvalue weighted by molar-refractivity contribution is 9.11. The molecule has 33 heavy (non-hydrogen) atoms. The maximum Gasteiger partial charge on any atom is 0.261 e. The van der Waals surface area contributed by atoms with Crippen molar-refractivity contribution in [2.75, 3.05) is 43.5 Å². The lowest BCUT2D eigenvalue weighted by molar-refractivity contribution is -0.131. The summed E-state index contributed by atoms with van der Waals surface area (Å²) in [4.78, 5) is 28.6. The molecular formula is C22H23Br2ClN4O3S. The molecule has 2 aromatic carbocycles. The molecule has 1 fully saturated rings. The van der Waals surface area contributed by atoms with Crippen molar-refractivity contribution in [1.29, 1.82) is 0 Å². The Bertz CT molecular complexity index is 1080. The van der Waals surface area contributed by atoms with Gasteiger partial charge < -0.3 is 19.9 Å². The van der Waals surface area contributed by atoms with Crippen LogP contribution in [0.15, 0.2) is 39.3 Å². The number of carbonyl (C=O) groups excluding carboxylic acids is 2. The zero-order chi connectivity index (χ0) is 24.1. The summed E-state index contributed by atoms with van der Waals surface area (Å²) in [5, 5.41) is 6.34. The van der Waals surface area contributed by atoms with Gasteiger partial charge in [-0.15, -0.1) is 0 Å². The number of hydrogen-bond acceptors (Lipinski definition) is 5. The van der Waals surface area contributed by atoms with Crippen molar-refractivity contribution in [3.05, 3.63) is 49.9 Å². The SMILES string of the molecule is CCC(=O)N1CCN(c2ccc(NC(=S)NC(=O)c3cc(Br)cc(Br)c3OC)cc2Cl)CC1. The van der Waals surface area contributed by atoms with E-state index in [0.29, 0.717) is 46.0 Å². The quantitative estimate of drug-likeness (QED) is 0.457. The molecule has 0 spiro atoms. The van der Waals surface area contributed by atoms with E-state index in [4.69, 9.17) is 28.6 Å². The Kier molecular flexibility index (Phi) is 8.97. The Morgan fingerprint density at radius 1 is 1.15 bits per heavy atom. The number of thiocarbonyl (C=S) groups is 1. The molecule has 7 nitrogen and oxygen atoms in total. The number of benzene rings is 2. The fourth-order valence-corrected chi connectivity index (χ4v) is 5.43. The predicted octanol–water partition coefficient (Wildman–Crippen LogP) is 5.06. The average molecular weight is 619 g/mol. The lowest BCUT2D eigenvalue weighted by atomic mass is 10.2. The van der Waals surface area contributed by atoms with Crippen LogP contribution < -0.4 is 20.3 Å². The van der Waals surface area contributed by atoms with Crippen LogP contribution in [-0.2, 0) is 4.79 Å². The third-order valence-electron chi connectivity index (χ3n) is 5.17. The van der Waals surface area contributed by atoms with Crippen molar-refractivity contribution in [2.45, 2.75) is 13.3 Å². The molecular weight excluding hydrogens is 596 g/mol. The largest absolute Gasteiger partial charge is 0.495 e. The lowest BCUT2D eigenvalue weighted by Crippen LogP contribution is -2.48. The molecule has 2 amide bonds. The van der Waals surface area contributed by atoms with E-state index >= 15 is 0 Å². The summed E-state index contributed by atoms with van der Waals surface area (Å²) in [6.07, 6.45) is 0.517. The van der Waals surface area contributed by atoms with Crippen LogP contribution >= 0.6 is 55.7 Å². The van der Waals surface area contributed by atoms with Crippen LogP contribution in [0.2, 0.25) is 5.02 Å². The van der Waals surface area contributed by atoms with E-state index in [0.717, 1.165) is 23.2 Å². The number of carbonyl (C=O) groups is 2. The minimum absolute atomic E-state index is 0.133. The zero-order valence-corrected chi connectivity index (χ0v) is 22.8. The first-order valence-electron chi connectivity index (χ1n) is 10.2. The fourth-order valence-electron chi connectivity index (χ4n) is 3.53. The second-order valence-corrected chi connectivity index (χ2v) is 9.85. The molecule has 0 aliphatic carbocycles. The topological polar surface area (TPSA) is 73.9 Å². The monoisotopic (exact) mass is 616 g/mol. The minimum atomic E-state index is -0.409. The number of nitrogens with zero attached hydrogens (tertiary/aromatic N) is 2. The van der Waals surface area contributed by atoms with Gasteiger partial charge in [-0.2, -0.15) is 0 Å². The molecule has 3 rings (SSSR count). The summed E-state index contributed by atoms with van der Waals surface area (Å²) in [5.74, 6) is 0.170. The Morgan fingerprint density at radius 2 is 1.85 bits per heavy atom. The Balaban J connectivity index is 1.63. The number of methoxy groups -OCH3 is 1. The molecule has 1 aliphatic heterocycles. The molecule has 0 saturated carbocycles. The van der Waals surface area contributed by atoms with E-state index < -0.39 is 5.91 Å². The summed E-state index contributed by atoms with van der Waals surface area (Å²) in [5.41, 5.74) is 1.87. The van der Waals surface area contributed by atoms with Crippen molar-refractivity contribution in [3.63, 3.8) is 0 Å². The first-order chi connectivity index (χ1) is 15.7. The molecule has 2 N–H and O–H groups in total. The molecule has 11 heteroatoms. The molecule has 0 radical (unpaired) electrons. The van der Waals surface area contributed by atoms with Crippen molar-refractivity contribution in [2.24, 2.45) is 0 Å². The number of halogens is 3. The van der Waals surface area contributed by atoms with Crippen LogP contribution in [0.25, 0.3) is 0 Å². The van der Waals surface area contributed by atoms with Crippen LogP contribution in [0.3, 0.4) is 0 Å². The second-order valence-electron chi connectivity index (χ2n) is 7.26. The summed E-state index contributed by atoms with van der Waals surface area (Å²) >= 11 is 18.6. The first kappa shape index (κ1) is 25.7. The third-order valence-corrected chi connectivity index (χ3v) is 6.72. The molecule has 176 valence electrons. The Labute approximate surface area is 220 Å². The van der Waals surface area contributed by atoms with Gasteiger partial charge in [-0.3, -0.25) is 14.9 Å². The smallest absolute Gasteiger partial charge is 0.261 e. The fraction of sp³-hybridized carbons (Fsp3) is 0.318. The molecule has 0 bridgehead atoms. The van der Waals surface area contributed by atoms with E-state index in [1.165, 1.54) is 7.11 Å². The average Bonchev–Trinajstić information content (AvgIpc) is 2.78. The number of piperazine rings is 1. The molecule has 1 aliphatic rings. The van der Waals surface area contributed by atoms with Gasteiger partial charge in [-0.25, -0.2) is 0 Å². The minimum Gasteiger partial charge on any atom is -0.495 e. The molecule has 0 atom stereocenters. The normalized spacial score (nSPS) is 13.5. The summed E-state index contributed by atoms with van der Waals surface area (Å²) in [6.45, 7) is 4.66. The van der Waals surface area contributed by atoms with Crippen molar-refractivity contribution in [1.82, 2.24) is 10.2 Å². The number of amides is 2. The molecule has 1 heterocycles. The van der Waals surface area contributed by atoms with E-state index in [9.17, 15) is 9.59 Å². The van der Waals surface area contributed by atoms with Crippen LogP contribution in [-0.4, -0.2) is 55.1 Å². The van der Waals surface area contributed by atoms with Crippen molar-refractivity contribution < 1.29 is 14.3 Å². The van der Waals surface area contributed by atoms with E-state index in [1.807, 2.05) is 24.0 Å². The van der Waals surface area contributed by atoms with Crippen LogP contribution in [0, 0.1) is 0 Å². The number of anilines is 2. The van der Waals surface area contributed by atoms with E-state index in [-0.39, 0.29) is 11.0 Å². The van der Waals surface area contributed by atoms with Gasteiger partial charge in [0, 0.05) is 42.8 Å². The summed E-state index contributed by atoms with van der Waals surface area (Å²) < 4.78 is 6.70. The molecule has 2 aromatic rings. The van der Waals surface area contributed by atoms with Crippen molar-refractivity contribution in [3.8, 4) is 5.75 Å². The predicted molar refractivity (Wildman–Crippen MR) is 143 cm³/mol. The van der Waals surface area contributed by atoms with Gasteiger partial charge in [0.25, 0.3) is 5.91 Å². The van der Waals surface area contributed by atoms with Crippen LogP contribution in [0.5, 0.6) is 5.75 Å². The standard InChI is InChI=1S/C22H23Br2ClN4O3S/c1-3-19(30)29-8-6-28(7-9-29)18-5-4-14(12-17(18)25)26-22(33)27-21(31)15-10-13(23)11-16(24)20(15)32-2/h4-5,10-12H,3,6-9H2,1-2H3,(H2,26,27,31,33). The molecule has 0 aromatic heterocycles. The number of ether oxygens (including phenoxy) is 1. The van der Waals surface area contributed by atoms with Crippen molar-refractivity contribution >= 4 is 84.0 Å². The lowest BCUT2D eigenvalue weighted by Gasteiger charge is -2.36. The first-order valence-corrected chi connectivity index (χ1v) is 12.6. The maximum atomic E-state index is 12.7.